The zero-order chi connectivity index (χ0) is 21.0. The average molecular weight is 407 g/mol. The van der Waals surface area contributed by atoms with Gasteiger partial charge in [0.2, 0.25) is 11.8 Å². The van der Waals surface area contributed by atoms with Crippen molar-refractivity contribution in [1.82, 2.24) is 19.6 Å². The highest BCUT2D eigenvalue weighted by atomic mass is 16.3. The topological polar surface area (TPSA) is 84.4 Å². The summed E-state index contributed by atoms with van der Waals surface area (Å²) in [5, 5.41) is 10.2. The van der Waals surface area contributed by atoms with E-state index in [0.717, 1.165) is 19.5 Å². The minimum absolute atomic E-state index is 0.120. The van der Waals surface area contributed by atoms with E-state index in [0.29, 0.717) is 52.0 Å². The number of rotatable bonds is 5. The molecule has 1 N–H and O–H groups in total. The Hall–Kier alpha value is -1.51. The number of carbonyl (C=O) groups is 3. The molecule has 29 heavy (non-hydrogen) atoms. The first kappa shape index (κ1) is 20.8. The van der Waals surface area contributed by atoms with Gasteiger partial charge in [-0.15, -0.1) is 0 Å². The van der Waals surface area contributed by atoms with E-state index in [1.54, 1.807) is 0 Å². The van der Waals surface area contributed by atoms with Gasteiger partial charge in [-0.1, -0.05) is 20.8 Å². The van der Waals surface area contributed by atoms with Crippen LogP contribution in [0.15, 0.2) is 0 Å². The number of hydrogen-bond acceptors (Lipinski definition) is 6. The molecule has 4 heterocycles. The van der Waals surface area contributed by atoms with Crippen LogP contribution >= 0.6 is 0 Å². The lowest BCUT2D eigenvalue weighted by Gasteiger charge is -2.59. The number of carbonyl (C=O) groups excluding carboxylic acids is 3. The highest BCUT2D eigenvalue weighted by Crippen LogP contribution is 2.41. The summed E-state index contributed by atoms with van der Waals surface area (Å²) in [6.45, 7) is 10.8. The van der Waals surface area contributed by atoms with Crippen LogP contribution in [0.5, 0.6) is 0 Å². The van der Waals surface area contributed by atoms with Crippen molar-refractivity contribution in [3.8, 4) is 0 Å². The summed E-state index contributed by atoms with van der Waals surface area (Å²) in [4.78, 5) is 45.8. The number of likely N-dealkylation sites (tertiary alicyclic amines) is 2. The van der Waals surface area contributed by atoms with Gasteiger partial charge in [-0.25, -0.2) is 0 Å². The van der Waals surface area contributed by atoms with E-state index in [9.17, 15) is 19.5 Å². The van der Waals surface area contributed by atoms with Gasteiger partial charge in [0.15, 0.2) is 0 Å². The van der Waals surface area contributed by atoms with E-state index >= 15 is 0 Å². The van der Waals surface area contributed by atoms with Gasteiger partial charge in [0, 0.05) is 52.2 Å². The molecule has 4 fully saturated rings. The van der Waals surface area contributed by atoms with Gasteiger partial charge in [-0.3, -0.25) is 29.1 Å². The van der Waals surface area contributed by atoms with Crippen molar-refractivity contribution in [3.63, 3.8) is 0 Å². The molecule has 0 aromatic heterocycles. The zero-order valence-electron chi connectivity index (χ0n) is 17.9. The van der Waals surface area contributed by atoms with E-state index < -0.39 is 17.7 Å². The number of imide groups is 1. The molecule has 162 valence electrons. The van der Waals surface area contributed by atoms with Crippen molar-refractivity contribution in [2.45, 2.75) is 64.1 Å². The van der Waals surface area contributed by atoms with Crippen molar-refractivity contribution < 1.29 is 19.5 Å². The Morgan fingerprint density at radius 1 is 1.14 bits per heavy atom. The summed E-state index contributed by atoms with van der Waals surface area (Å²) < 4.78 is 0. The molecule has 4 aliphatic rings. The fourth-order valence-corrected chi connectivity index (χ4v) is 5.54. The maximum atomic E-state index is 13.5. The number of piperazine rings is 1. The van der Waals surface area contributed by atoms with E-state index in [-0.39, 0.29) is 23.1 Å². The molecular formula is C21H34N4O4. The van der Waals surface area contributed by atoms with Crippen LogP contribution in [0.1, 0.15) is 46.5 Å². The van der Waals surface area contributed by atoms with E-state index in [2.05, 4.69) is 25.7 Å². The molecule has 2 unspecified atom stereocenters. The van der Waals surface area contributed by atoms with Gasteiger partial charge in [0.25, 0.3) is 5.91 Å². The van der Waals surface area contributed by atoms with E-state index in [4.69, 9.17) is 0 Å². The molecule has 4 saturated heterocycles. The number of hydrogen-bond donors (Lipinski definition) is 1. The fraction of sp³-hybridized carbons (Fsp3) is 0.857. The minimum Gasteiger partial charge on any atom is -0.392 e. The Bertz CT molecular complexity index is 697. The first-order chi connectivity index (χ1) is 13.6. The van der Waals surface area contributed by atoms with Crippen LogP contribution < -0.4 is 0 Å². The first-order valence-electron chi connectivity index (χ1n) is 10.9. The summed E-state index contributed by atoms with van der Waals surface area (Å²) in [5.74, 6) is -0.135. The third kappa shape index (κ3) is 3.70. The molecule has 0 bridgehead atoms. The number of amides is 3. The van der Waals surface area contributed by atoms with Crippen molar-refractivity contribution in [1.29, 1.82) is 0 Å². The third-order valence-corrected chi connectivity index (χ3v) is 6.67. The van der Waals surface area contributed by atoms with Crippen LogP contribution in [0.4, 0.5) is 0 Å². The molecule has 4 rings (SSSR count). The van der Waals surface area contributed by atoms with Crippen molar-refractivity contribution in [2.75, 3.05) is 45.8 Å². The Morgan fingerprint density at radius 3 is 2.48 bits per heavy atom. The lowest BCUT2D eigenvalue weighted by Crippen LogP contribution is -2.81. The van der Waals surface area contributed by atoms with Gasteiger partial charge < -0.3 is 10.0 Å². The molecule has 1 spiro atoms. The molecule has 8 heteroatoms. The Kier molecular flexibility index (Phi) is 5.24. The summed E-state index contributed by atoms with van der Waals surface area (Å²) in [5.41, 5.74) is -0.550. The molecule has 3 amide bonds. The number of aliphatic hydroxyl groups excluding tert-OH is 1. The van der Waals surface area contributed by atoms with Crippen molar-refractivity contribution >= 4 is 17.7 Å². The molecule has 0 aromatic carbocycles. The molecule has 0 aromatic rings. The Balaban J connectivity index is 1.46. The summed E-state index contributed by atoms with van der Waals surface area (Å²) in [6.07, 6.45) is 1.94. The predicted octanol–water partition coefficient (Wildman–Crippen LogP) is -0.0966. The highest BCUT2D eigenvalue weighted by molar-refractivity contribution is 6.06. The lowest BCUT2D eigenvalue weighted by molar-refractivity contribution is -0.181. The quantitative estimate of drug-likeness (QED) is 0.642. The normalized spacial score (nSPS) is 30.4. The van der Waals surface area contributed by atoms with Gasteiger partial charge >= 0.3 is 0 Å². The predicted molar refractivity (Wildman–Crippen MR) is 107 cm³/mol. The molecule has 4 aliphatic heterocycles. The van der Waals surface area contributed by atoms with Crippen molar-refractivity contribution in [3.05, 3.63) is 0 Å². The molecule has 8 nitrogen and oxygen atoms in total. The molecule has 2 atom stereocenters. The number of aliphatic hydroxyl groups is 1. The molecular weight excluding hydrogens is 372 g/mol. The first-order valence-corrected chi connectivity index (χ1v) is 10.9. The Labute approximate surface area is 172 Å². The standard InChI is InChI=1S/C21H34N4O4/c1-20(2,3)12-22-13-21(14-22)19(29)24(9-5-8-23-7-4-6-17(23)27)18(28)16-10-15(26)11-25(16)21/h15-16,26H,4-14H2,1-3H3. The second kappa shape index (κ2) is 7.32. The lowest BCUT2D eigenvalue weighted by atomic mass is 9.80. The van der Waals surface area contributed by atoms with E-state index in [1.165, 1.54) is 4.90 Å². The number of nitrogens with zero attached hydrogens (tertiary/aromatic N) is 4. The fourth-order valence-electron chi connectivity index (χ4n) is 5.54. The van der Waals surface area contributed by atoms with Crippen LogP contribution in [-0.2, 0) is 14.4 Å². The average Bonchev–Trinajstić information content (AvgIpc) is 3.18. The maximum absolute atomic E-state index is 13.5. The number of β-amino-alcohol motifs (C(OH)–C–C–N with tert-alkyl or cyclic N) is 1. The largest absolute Gasteiger partial charge is 0.392 e. The van der Waals surface area contributed by atoms with Crippen molar-refractivity contribution in [2.24, 2.45) is 5.41 Å². The zero-order valence-corrected chi connectivity index (χ0v) is 17.9. The van der Waals surface area contributed by atoms with Gasteiger partial charge in [-0.05, 0) is 24.7 Å². The summed E-state index contributed by atoms with van der Waals surface area (Å²) in [7, 11) is 0. The molecule has 0 radical (unpaired) electrons. The second-order valence-electron chi connectivity index (χ2n) is 10.4. The van der Waals surface area contributed by atoms with Gasteiger partial charge in [0.1, 0.15) is 5.54 Å². The third-order valence-electron chi connectivity index (χ3n) is 6.67. The second-order valence-corrected chi connectivity index (χ2v) is 10.4. The van der Waals surface area contributed by atoms with Crippen LogP contribution in [0, 0.1) is 5.41 Å². The van der Waals surface area contributed by atoms with E-state index in [1.807, 2.05) is 9.80 Å². The summed E-state index contributed by atoms with van der Waals surface area (Å²) >= 11 is 0. The summed E-state index contributed by atoms with van der Waals surface area (Å²) in [6, 6.07) is -0.409. The molecule has 0 saturated carbocycles. The Morgan fingerprint density at radius 2 is 1.86 bits per heavy atom. The van der Waals surface area contributed by atoms with Gasteiger partial charge in [0.05, 0.1) is 12.1 Å². The number of fused-ring (bicyclic) bond motifs is 2. The molecule has 0 aliphatic carbocycles. The van der Waals surface area contributed by atoms with Gasteiger partial charge in [-0.2, -0.15) is 0 Å². The minimum atomic E-state index is -0.690. The van der Waals surface area contributed by atoms with Crippen LogP contribution in [0.2, 0.25) is 0 Å². The maximum Gasteiger partial charge on any atom is 0.252 e. The van der Waals surface area contributed by atoms with Crippen LogP contribution in [0.25, 0.3) is 0 Å². The SMILES string of the molecule is CC(C)(C)CN1CC2(C1)C(=O)N(CCCN1CCCC1=O)C(=O)C1CC(O)CN12. The highest BCUT2D eigenvalue weighted by Gasteiger charge is 2.64. The monoisotopic (exact) mass is 406 g/mol. The van der Waals surface area contributed by atoms with Crippen LogP contribution in [0.3, 0.4) is 0 Å². The smallest absolute Gasteiger partial charge is 0.252 e. The van der Waals surface area contributed by atoms with Crippen LogP contribution in [-0.4, -0.2) is 106 Å².